The van der Waals surface area contributed by atoms with Crippen LogP contribution in [0.5, 0.6) is 5.75 Å². The fraction of sp³-hybridized carbons (Fsp3) is 0.0526. The molecule has 2 N–H and O–H groups in total. The number of carbonyl (C=O) groups excluding carboxylic acids is 2. The van der Waals surface area contributed by atoms with Gasteiger partial charge in [-0.25, -0.2) is 0 Å². The third kappa shape index (κ3) is 4.02. The Kier molecular flexibility index (Phi) is 5.19. The Balaban J connectivity index is 1.68. The molecule has 7 heteroatoms. The number of hydrogen-bond acceptors (Lipinski definition) is 5. The lowest BCUT2D eigenvalue weighted by Crippen LogP contribution is -2.14. The minimum absolute atomic E-state index is 0.277. The van der Waals surface area contributed by atoms with E-state index in [1.165, 1.54) is 19.5 Å². The van der Waals surface area contributed by atoms with Crippen LogP contribution in [0.1, 0.15) is 20.7 Å². The number of benzene rings is 2. The van der Waals surface area contributed by atoms with Crippen molar-refractivity contribution in [2.45, 2.75) is 0 Å². The summed E-state index contributed by atoms with van der Waals surface area (Å²) in [6.45, 7) is 0. The van der Waals surface area contributed by atoms with Crippen LogP contribution >= 0.6 is 0 Å². The highest BCUT2D eigenvalue weighted by atomic mass is 16.5. The van der Waals surface area contributed by atoms with Crippen molar-refractivity contribution in [3.63, 3.8) is 0 Å². The van der Waals surface area contributed by atoms with Gasteiger partial charge in [0.05, 0.1) is 30.8 Å². The van der Waals surface area contributed by atoms with Crippen LogP contribution < -0.4 is 15.4 Å². The molecule has 0 unspecified atom stereocenters. The van der Waals surface area contributed by atoms with Gasteiger partial charge in [0.15, 0.2) is 0 Å². The van der Waals surface area contributed by atoms with E-state index in [0.29, 0.717) is 28.3 Å². The average Bonchev–Trinajstić information content (AvgIpc) is 2.69. The van der Waals surface area contributed by atoms with Gasteiger partial charge in [-0.2, -0.15) is 10.2 Å². The summed E-state index contributed by atoms with van der Waals surface area (Å²) in [4.78, 5) is 24.6. The van der Waals surface area contributed by atoms with Crippen molar-refractivity contribution in [2.75, 3.05) is 17.7 Å². The Morgan fingerprint density at radius 1 is 0.846 bits per heavy atom. The summed E-state index contributed by atoms with van der Waals surface area (Å²) in [6, 6.07) is 15.2. The summed E-state index contributed by atoms with van der Waals surface area (Å²) in [6.07, 6.45) is 2.95. The maximum Gasteiger partial charge on any atom is 0.259 e. The zero-order valence-corrected chi connectivity index (χ0v) is 14.0. The number of amides is 2. The van der Waals surface area contributed by atoms with Crippen molar-refractivity contribution in [1.82, 2.24) is 10.2 Å². The minimum Gasteiger partial charge on any atom is -0.496 e. The lowest BCUT2D eigenvalue weighted by atomic mass is 10.1. The highest BCUT2D eigenvalue weighted by molar-refractivity contribution is 6.07. The summed E-state index contributed by atoms with van der Waals surface area (Å²) in [7, 11) is 1.51. The highest BCUT2D eigenvalue weighted by Crippen LogP contribution is 2.19. The number of ether oxygens (including phenoxy) is 1. The van der Waals surface area contributed by atoms with E-state index in [4.69, 9.17) is 4.74 Å². The van der Waals surface area contributed by atoms with Gasteiger partial charge < -0.3 is 15.4 Å². The number of nitrogens with zero attached hydrogens (tertiary/aromatic N) is 2. The van der Waals surface area contributed by atoms with Crippen molar-refractivity contribution in [2.24, 2.45) is 0 Å². The van der Waals surface area contributed by atoms with E-state index in [2.05, 4.69) is 20.8 Å². The lowest BCUT2D eigenvalue weighted by molar-refractivity contribution is 0.101. The molecule has 0 spiro atoms. The molecule has 0 aliphatic carbocycles. The van der Waals surface area contributed by atoms with Crippen molar-refractivity contribution in [3.05, 3.63) is 78.1 Å². The molecule has 3 aromatic rings. The highest BCUT2D eigenvalue weighted by Gasteiger charge is 2.12. The maximum absolute atomic E-state index is 12.4. The van der Waals surface area contributed by atoms with E-state index in [1.54, 1.807) is 54.6 Å². The Labute approximate surface area is 150 Å². The van der Waals surface area contributed by atoms with Crippen LogP contribution in [0, 0.1) is 0 Å². The zero-order valence-electron chi connectivity index (χ0n) is 14.0. The van der Waals surface area contributed by atoms with Crippen molar-refractivity contribution in [1.29, 1.82) is 0 Å². The van der Waals surface area contributed by atoms with Crippen LogP contribution in [0.2, 0.25) is 0 Å². The number of nitrogens with one attached hydrogen (secondary N) is 2. The predicted molar refractivity (Wildman–Crippen MR) is 97.4 cm³/mol. The van der Waals surface area contributed by atoms with Gasteiger partial charge in [-0.3, -0.25) is 9.59 Å². The van der Waals surface area contributed by atoms with E-state index in [1.807, 2.05) is 0 Å². The largest absolute Gasteiger partial charge is 0.496 e. The van der Waals surface area contributed by atoms with Crippen LogP contribution in [0.15, 0.2) is 67.0 Å². The molecule has 1 aromatic heterocycles. The SMILES string of the molecule is COc1ccccc1C(=O)Nc1ccc(C(=O)Nc2ccnnc2)cc1. The zero-order chi connectivity index (χ0) is 18.4. The summed E-state index contributed by atoms with van der Waals surface area (Å²) >= 11 is 0. The van der Waals surface area contributed by atoms with Gasteiger partial charge in [-0.05, 0) is 42.5 Å². The molecule has 0 aliphatic heterocycles. The summed E-state index contributed by atoms with van der Waals surface area (Å²) < 4.78 is 5.19. The van der Waals surface area contributed by atoms with Gasteiger partial charge in [0.1, 0.15) is 5.75 Å². The number of aromatic nitrogens is 2. The maximum atomic E-state index is 12.4. The molecule has 0 aliphatic rings. The predicted octanol–water partition coefficient (Wildman–Crippen LogP) is 2.99. The molecule has 26 heavy (non-hydrogen) atoms. The van der Waals surface area contributed by atoms with E-state index in [0.717, 1.165) is 0 Å². The van der Waals surface area contributed by atoms with Crippen LogP contribution in [0.4, 0.5) is 11.4 Å². The standard InChI is InChI=1S/C19H16N4O3/c1-26-17-5-3-2-4-16(17)19(25)22-14-8-6-13(7-9-14)18(24)23-15-10-11-20-21-12-15/h2-12H,1H3,(H,22,25)(H,20,23,24). The number of carbonyl (C=O) groups is 2. The van der Waals surface area contributed by atoms with Gasteiger partial charge in [0, 0.05) is 11.3 Å². The van der Waals surface area contributed by atoms with Crippen molar-refractivity contribution >= 4 is 23.2 Å². The van der Waals surface area contributed by atoms with Gasteiger partial charge >= 0.3 is 0 Å². The Morgan fingerprint density at radius 2 is 1.58 bits per heavy atom. The molecule has 7 nitrogen and oxygen atoms in total. The number of rotatable bonds is 5. The molecule has 130 valence electrons. The third-order valence-corrected chi connectivity index (χ3v) is 3.60. The average molecular weight is 348 g/mol. The summed E-state index contributed by atoms with van der Waals surface area (Å²) in [5.41, 5.74) is 2.01. The van der Waals surface area contributed by atoms with Crippen LogP contribution in [-0.2, 0) is 0 Å². The van der Waals surface area contributed by atoms with Crippen molar-refractivity contribution < 1.29 is 14.3 Å². The van der Waals surface area contributed by atoms with Gasteiger partial charge in [-0.15, -0.1) is 0 Å². The van der Waals surface area contributed by atoms with E-state index in [-0.39, 0.29) is 11.8 Å². The molecule has 2 aromatic carbocycles. The quantitative estimate of drug-likeness (QED) is 0.739. The first-order valence-corrected chi connectivity index (χ1v) is 7.80. The lowest BCUT2D eigenvalue weighted by Gasteiger charge is -2.10. The molecule has 0 atom stereocenters. The number of para-hydroxylation sites is 1. The second kappa shape index (κ2) is 7.89. The van der Waals surface area contributed by atoms with Crippen LogP contribution in [0.25, 0.3) is 0 Å². The molecule has 0 fully saturated rings. The Morgan fingerprint density at radius 3 is 2.27 bits per heavy atom. The molecule has 3 rings (SSSR count). The molecule has 0 saturated carbocycles. The Hall–Kier alpha value is -3.74. The Bertz CT molecular complexity index is 912. The molecular weight excluding hydrogens is 332 g/mol. The topological polar surface area (TPSA) is 93.2 Å². The first-order chi connectivity index (χ1) is 12.7. The van der Waals surface area contributed by atoms with Crippen LogP contribution in [-0.4, -0.2) is 29.1 Å². The van der Waals surface area contributed by atoms with Gasteiger partial charge in [0.25, 0.3) is 11.8 Å². The smallest absolute Gasteiger partial charge is 0.259 e. The first-order valence-electron chi connectivity index (χ1n) is 7.80. The molecule has 2 amide bonds. The number of hydrogen-bond donors (Lipinski definition) is 2. The van der Waals surface area contributed by atoms with Gasteiger partial charge in [0.2, 0.25) is 0 Å². The minimum atomic E-state index is -0.289. The number of anilines is 2. The summed E-state index contributed by atoms with van der Waals surface area (Å²) in [5, 5.41) is 12.8. The van der Waals surface area contributed by atoms with Crippen molar-refractivity contribution in [3.8, 4) is 5.75 Å². The first kappa shape index (κ1) is 17.1. The van der Waals surface area contributed by atoms with Gasteiger partial charge in [-0.1, -0.05) is 12.1 Å². The normalized spacial score (nSPS) is 10.0. The number of methoxy groups -OCH3 is 1. The molecule has 1 heterocycles. The summed E-state index contributed by atoms with van der Waals surface area (Å²) in [5.74, 6) is -0.0740. The fourth-order valence-electron chi connectivity index (χ4n) is 2.30. The van der Waals surface area contributed by atoms with E-state index in [9.17, 15) is 9.59 Å². The van der Waals surface area contributed by atoms with E-state index < -0.39 is 0 Å². The third-order valence-electron chi connectivity index (χ3n) is 3.60. The van der Waals surface area contributed by atoms with Crippen LogP contribution in [0.3, 0.4) is 0 Å². The second-order valence-corrected chi connectivity index (χ2v) is 5.32. The molecular formula is C19H16N4O3. The fourth-order valence-corrected chi connectivity index (χ4v) is 2.30. The second-order valence-electron chi connectivity index (χ2n) is 5.32. The molecule has 0 radical (unpaired) electrons. The molecule has 0 bridgehead atoms. The van der Waals surface area contributed by atoms with E-state index >= 15 is 0 Å². The molecule has 0 saturated heterocycles. The monoisotopic (exact) mass is 348 g/mol.